The average Bonchev–Trinajstić information content (AvgIpc) is 2.52. The Bertz CT molecular complexity index is 883. The highest BCUT2D eigenvalue weighted by molar-refractivity contribution is 6.36. The quantitative estimate of drug-likeness (QED) is 0.606. The number of benzene rings is 2. The Morgan fingerprint density at radius 2 is 1.96 bits per heavy atom. The molecule has 24 heavy (non-hydrogen) atoms. The van der Waals surface area contributed by atoms with Crippen molar-refractivity contribution in [1.82, 2.24) is 0 Å². The van der Waals surface area contributed by atoms with Crippen LogP contribution in [0.2, 0.25) is 10.0 Å². The number of amides is 1. The molecule has 0 saturated heterocycles. The molecule has 0 aromatic heterocycles. The molecule has 0 unspecified atom stereocenters. The highest BCUT2D eigenvalue weighted by Crippen LogP contribution is 2.32. The van der Waals surface area contributed by atoms with E-state index in [-0.39, 0.29) is 26.9 Å². The number of phenols is 1. The van der Waals surface area contributed by atoms with Gasteiger partial charge in [-0.2, -0.15) is 5.26 Å². The second-order valence-corrected chi connectivity index (χ2v) is 6.11. The smallest absolute Gasteiger partial charge is 0.266 e. The molecule has 0 bridgehead atoms. The van der Waals surface area contributed by atoms with E-state index in [1.807, 2.05) is 38.1 Å². The van der Waals surface area contributed by atoms with E-state index in [9.17, 15) is 15.2 Å². The van der Waals surface area contributed by atoms with Crippen molar-refractivity contribution in [2.45, 2.75) is 13.8 Å². The SMILES string of the molecule is Cc1ccc(C)c(NC(=O)/C(C#N)=C/c2cc(Cl)cc(Cl)c2O)c1. The van der Waals surface area contributed by atoms with Crippen molar-refractivity contribution in [1.29, 1.82) is 5.26 Å². The van der Waals surface area contributed by atoms with Crippen LogP contribution in [0.5, 0.6) is 5.75 Å². The first-order valence-corrected chi connectivity index (χ1v) is 7.76. The van der Waals surface area contributed by atoms with E-state index >= 15 is 0 Å². The van der Waals surface area contributed by atoms with Crippen molar-refractivity contribution >= 4 is 40.9 Å². The molecule has 2 aromatic carbocycles. The van der Waals surface area contributed by atoms with Gasteiger partial charge >= 0.3 is 0 Å². The molecule has 0 heterocycles. The minimum atomic E-state index is -0.582. The summed E-state index contributed by atoms with van der Waals surface area (Å²) in [6, 6.07) is 10.2. The molecular weight excluding hydrogens is 347 g/mol. The van der Waals surface area contributed by atoms with Crippen LogP contribution in [-0.2, 0) is 4.79 Å². The Morgan fingerprint density at radius 1 is 1.25 bits per heavy atom. The van der Waals surface area contributed by atoms with E-state index in [1.54, 1.807) is 0 Å². The average molecular weight is 361 g/mol. The number of nitrogens with zero attached hydrogens (tertiary/aromatic N) is 1. The highest BCUT2D eigenvalue weighted by atomic mass is 35.5. The number of hydrogen-bond donors (Lipinski definition) is 2. The zero-order valence-corrected chi connectivity index (χ0v) is 14.5. The zero-order chi connectivity index (χ0) is 17.9. The molecule has 6 heteroatoms. The summed E-state index contributed by atoms with van der Waals surface area (Å²) >= 11 is 11.7. The predicted octanol–water partition coefficient (Wildman–Crippen LogP) is 4.86. The van der Waals surface area contributed by atoms with E-state index in [0.29, 0.717) is 5.69 Å². The molecular formula is C18H14Cl2N2O2. The van der Waals surface area contributed by atoms with Gasteiger partial charge in [-0.25, -0.2) is 0 Å². The third kappa shape index (κ3) is 4.08. The molecule has 4 nitrogen and oxygen atoms in total. The molecule has 0 spiro atoms. The van der Waals surface area contributed by atoms with Crippen molar-refractivity contribution in [2.24, 2.45) is 0 Å². The number of aromatic hydroxyl groups is 1. The van der Waals surface area contributed by atoms with E-state index in [4.69, 9.17) is 23.2 Å². The third-order valence-corrected chi connectivity index (χ3v) is 3.87. The molecule has 0 aliphatic rings. The molecule has 1 amide bonds. The van der Waals surface area contributed by atoms with E-state index in [2.05, 4.69) is 5.32 Å². The second-order valence-electron chi connectivity index (χ2n) is 5.27. The summed E-state index contributed by atoms with van der Waals surface area (Å²) in [6.07, 6.45) is 1.24. The maximum absolute atomic E-state index is 12.3. The number of carbonyl (C=O) groups is 1. The van der Waals surface area contributed by atoms with Gasteiger partial charge in [-0.05, 0) is 49.2 Å². The number of anilines is 1. The third-order valence-electron chi connectivity index (χ3n) is 3.36. The monoisotopic (exact) mass is 360 g/mol. The molecule has 2 aromatic rings. The lowest BCUT2D eigenvalue weighted by Gasteiger charge is -2.09. The summed E-state index contributed by atoms with van der Waals surface area (Å²) in [5, 5.41) is 22.2. The van der Waals surface area contributed by atoms with Crippen LogP contribution in [-0.4, -0.2) is 11.0 Å². The molecule has 122 valence electrons. The number of rotatable bonds is 3. The molecule has 0 saturated carbocycles. The van der Waals surface area contributed by atoms with Gasteiger partial charge in [0.15, 0.2) is 0 Å². The van der Waals surface area contributed by atoms with Gasteiger partial charge in [0.1, 0.15) is 17.4 Å². The number of aryl methyl sites for hydroxylation is 2. The van der Waals surface area contributed by atoms with Crippen molar-refractivity contribution < 1.29 is 9.90 Å². The normalized spacial score (nSPS) is 11.0. The fourth-order valence-corrected chi connectivity index (χ4v) is 2.57. The zero-order valence-electron chi connectivity index (χ0n) is 13.0. The Kier molecular flexibility index (Phi) is 5.50. The van der Waals surface area contributed by atoms with Crippen LogP contribution in [0.25, 0.3) is 6.08 Å². The van der Waals surface area contributed by atoms with Crippen LogP contribution in [0.15, 0.2) is 35.9 Å². The number of nitrogens with one attached hydrogen (secondary N) is 1. The molecule has 0 aliphatic heterocycles. The van der Waals surface area contributed by atoms with Gasteiger partial charge < -0.3 is 10.4 Å². The first-order valence-electron chi connectivity index (χ1n) is 7.00. The van der Waals surface area contributed by atoms with Crippen LogP contribution >= 0.6 is 23.2 Å². The standard InChI is InChI=1S/C18H14Cl2N2O2/c1-10-3-4-11(2)16(5-10)22-18(24)13(9-21)6-12-7-14(19)8-15(20)17(12)23/h3-8,23H,1-2H3,(H,22,24)/b13-6+. The second kappa shape index (κ2) is 7.39. The highest BCUT2D eigenvalue weighted by Gasteiger charge is 2.13. The summed E-state index contributed by atoms with van der Waals surface area (Å²) in [5.74, 6) is -0.824. The minimum absolute atomic E-state index is 0.0426. The van der Waals surface area contributed by atoms with E-state index < -0.39 is 5.91 Å². The van der Waals surface area contributed by atoms with Gasteiger partial charge in [-0.3, -0.25) is 4.79 Å². The van der Waals surface area contributed by atoms with Gasteiger partial charge in [-0.15, -0.1) is 0 Å². The van der Waals surface area contributed by atoms with Crippen LogP contribution < -0.4 is 5.32 Å². The Morgan fingerprint density at radius 3 is 2.62 bits per heavy atom. The van der Waals surface area contributed by atoms with Crippen LogP contribution in [0.1, 0.15) is 16.7 Å². The molecule has 0 radical (unpaired) electrons. The maximum Gasteiger partial charge on any atom is 0.266 e. The molecule has 0 fully saturated rings. The largest absolute Gasteiger partial charge is 0.506 e. The van der Waals surface area contributed by atoms with Gasteiger partial charge in [0.25, 0.3) is 5.91 Å². The molecule has 2 rings (SSSR count). The van der Waals surface area contributed by atoms with Crippen molar-refractivity contribution in [3.05, 3.63) is 62.6 Å². The van der Waals surface area contributed by atoms with Crippen molar-refractivity contribution in [2.75, 3.05) is 5.32 Å². The fourth-order valence-electron chi connectivity index (χ4n) is 2.06. The fraction of sp³-hybridized carbons (Fsp3) is 0.111. The van der Waals surface area contributed by atoms with Crippen molar-refractivity contribution in [3.8, 4) is 11.8 Å². The summed E-state index contributed by atoms with van der Waals surface area (Å²) in [7, 11) is 0. The number of halogens is 2. The van der Waals surface area contributed by atoms with Gasteiger partial charge in [0, 0.05) is 16.3 Å². The summed E-state index contributed by atoms with van der Waals surface area (Å²) in [4.78, 5) is 12.3. The van der Waals surface area contributed by atoms with Gasteiger partial charge in [0.05, 0.1) is 5.02 Å². The van der Waals surface area contributed by atoms with Gasteiger partial charge in [0.2, 0.25) is 0 Å². The number of phenolic OH excluding ortho intramolecular Hbond substituents is 1. The molecule has 0 atom stereocenters. The Hall–Kier alpha value is -2.48. The Balaban J connectivity index is 2.36. The Labute approximate surface area is 149 Å². The summed E-state index contributed by atoms with van der Waals surface area (Å²) in [5.41, 5.74) is 2.50. The van der Waals surface area contributed by atoms with Crippen LogP contribution in [0, 0.1) is 25.2 Å². The lowest BCUT2D eigenvalue weighted by atomic mass is 10.1. The number of carbonyl (C=O) groups excluding carboxylic acids is 1. The number of hydrogen-bond acceptors (Lipinski definition) is 3. The lowest BCUT2D eigenvalue weighted by Crippen LogP contribution is -2.14. The topological polar surface area (TPSA) is 73.1 Å². The van der Waals surface area contributed by atoms with Crippen LogP contribution in [0.3, 0.4) is 0 Å². The molecule has 2 N–H and O–H groups in total. The van der Waals surface area contributed by atoms with E-state index in [1.165, 1.54) is 18.2 Å². The summed E-state index contributed by atoms with van der Waals surface area (Å²) in [6.45, 7) is 3.76. The first-order chi connectivity index (χ1) is 11.3. The van der Waals surface area contributed by atoms with Crippen molar-refractivity contribution in [3.63, 3.8) is 0 Å². The predicted molar refractivity (Wildman–Crippen MR) is 96.3 cm³/mol. The summed E-state index contributed by atoms with van der Waals surface area (Å²) < 4.78 is 0. The molecule has 0 aliphatic carbocycles. The lowest BCUT2D eigenvalue weighted by molar-refractivity contribution is -0.112. The maximum atomic E-state index is 12.3. The number of nitriles is 1. The minimum Gasteiger partial charge on any atom is -0.506 e. The van der Waals surface area contributed by atoms with Gasteiger partial charge in [-0.1, -0.05) is 35.3 Å². The first kappa shape index (κ1) is 17.9. The van der Waals surface area contributed by atoms with E-state index in [0.717, 1.165) is 11.1 Å². The van der Waals surface area contributed by atoms with Crippen LogP contribution in [0.4, 0.5) is 5.69 Å².